The summed E-state index contributed by atoms with van der Waals surface area (Å²) in [5.74, 6) is 0. The van der Waals surface area contributed by atoms with Gasteiger partial charge in [0, 0.05) is 0 Å². The summed E-state index contributed by atoms with van der Waals surface area (Å²) in [6.07, 6.45) is 4.78. The molecule has 0 spiro atoms. The standard InChI is InChI=1S/C3H3NO.BF4/c1-2-5-3-4-1;2-1(3,4)5/h1-3H;/q;-1/p+1. The molecule has 0 amide bonds. The molecule has 0 saturated carbocycles. The van der Waals surface area contributed by atoms with E-state index in [1.54, 1.807) is 12.5 Å². The van der Waals surface area contributed by atoms with E-state index >= 15 is 0 Å². The highest BCUT2D eigenvalue weighted by Gasteiger charge is 2.20. The van der Waals surface area contributed by atoms with Crippen molar-refractivity contribution in [2.75, 3.05) is 0 Å². The van der Waals surface area contributed by atoms with Gasteiger partial charge < -0.3 is 21.7 Å². The quantitative estimate of drug-likeness (QED) is 0.412. The summed E-state index contributed by atoms with van der Waals surface area (Å²) in [7, 11) is -6.00. The van der Waals surface area contributed by atoms with Crippen LogP contribution in [-0.4, -0.2) is 7.25 Å². The van der Waals surface area contributed by atoms with Gasteiger partial charge in [-0.15, -0.1) is 0 Å². The molecule has 1 heterocycles. The zero-order valence-corrected chi connectivity index (χ0v) is 4.73. The fraction of sp³-hybridized carbons (Fsp3) is 0. The largest absolute Gasteiger partial charge is 0.673 e. The predicted molar refractivity (Wildman–Crippen MR) is 25.4 cm³/mol. The fourth-order valence-corrected chi connectivity index (χ4v) is 0.196. The van der Waals surface area contributed by atoms with Crippen molar-refractivity contribution in [1.29, 1.82) is 0 Å². The maximum Gasteiger partial charge on any atom is 0.673 e. The summed E-state index contributed by atoms with van der Waals surface area (Å²) in [5.41, 5.74) is 0. The summed E-state index contributed by atoms with van der Waals surface area (Å²) >= 11 is 0. The second kappa shape index (κ2) is 3.92. The number of halogens is 4. The Hall–Kier alpha value is -1.01. The summed E-state index contributed by atoms with van der Waals surface area (Å²) in [6.45, 7) is 0. The third-order valence-corrected chi connectivity index (χ3v) is 0.379. The van der Waals surface area contributed by atoms with E-state index < -0.39 is 7.25 Å². The van der Waals surface area contributed by atoms with Crippen LogP contribution in [0.15, 0.2) is 23.3 Å². The number of oxazole rings is 1. The molecule has 0 aliphatic rings. The Labute approximate surface area is 54.0 Å². The molecule has 1 aromatic heterocycles. The lowest BCUT2D eigenvalue weighted by atomic mass is 10.3. The lowest BCUT2D eigenvalue weighted by Gasteiger charge is -1.94. The van der Waals surface area contributed by atoms with E-state index in [2.05, 4.69) is 9.40 Å². The molecule has 7 heteroatoms. The van der Waals surface area contributed by atoms with Crippen LogP contribution in [0.25, 0.3) is 0 Å². The molecule has 0 aliphatic heterocycles. The van der Waals surface area contributed by atoms with Gasteiger partial charge in [0.25, 0.3) is 0 Å². The van der Waals surface area contributed by atoms with Gasteiger partial charge in [-0.05, 0) is 0 Å². The Bertz CT molecular complexity index is 127. The van der Waals surface area contributed by atoms with Crippen LogP contribution in [0, 0.1) is 0 Å². The van der Waals surface area contributed by atoms with Crippen LogP contribution in [0.4, 0.5) is 17.3 Å². The molecule has 0 bridgehead atoms. The number of rotatable bonds is 0. The number of aromatic amines is 1. The van der Waals surface area contributed by atoms with Gasteiger partial charge in [-0.25, -0.2) is 0 Å². The zero-order valence-electron chi connectivity index (χ0n) is 4.73. The molecule has 2 nitrogen and oxygen atoms in total. The van der Waals surface area contributed by atoms with Crippen LogP contribution in [-0.2, 0) is 0 Å². The Morgan fingerprint density at radius 1 is 1.20 bits per heavy atom. The van der Waals surface area contributed by atoms with Gasteiger partial charge in [0.15, 0.2) is 6.26 Å². The van der Waals surface area contributed by atoms with Crippen LogP contribution in [0.5, 0.6) is 0 Å². The maximum absolute atomic E-state index is 9.75. The van der Waals surface area contributed by atoms with Crippen molar-refractivity contribution >= 4 is 7.25 Å². The minimum atomic E-state index is -6.00. The highest BCUT2D eigenvalue weighted by molar-refractivity contribution is 6.50. The van der Waals surface area contributed by atoms with Crippen molar-refractivity contribution in [2.45, 2.75) is 0 Å². The lowest BCUT2D eigenvalue weighted by Crippen LogP contribution is -2.02. The van der Waals surface area contributed by atoms with Gasteiger partial charge in [0.1, 0.15) is 0 Å². The molecule has 0 aliphatic carbocycles. The minimum absolute atomic E-state index is 1.50. The smallest absolute Gasteiger partial charge is 0.418 e. The van der Waals surface area contributed by atoms with Crippen LogP contribution >= 0.6 is 0 Å². The molecule has 0 radical (unpaired) electrons. The normalized spacial score (nSPS) is 10.0. The predicted octanol–water partition coefficient (Wildman–Crippen LogP) is 1.39. The first kappa shape index (κ1) is 8.99. The molecule has 0 saturated heterocycles. The number of nitrogens with one attached hydrogen (secondary N) is 1. The van der Waals surface area contributed by atoms with E-state index in [1.165, 1.54) is 6.39 Å². The van der Waals surface area contributed by atoms with E-state index in [9.17, 15) is 17.3 Å². The average molecular weight is 157 g/mol. The van der Waals surface area contributed by atoms with Crippen LogP contribution in [0.1, 0.15) is 0 Å². The van der Waals surface area contributed by atoms with Crippen LogP contribution in [0.3, 0.4) is 0 Å². The molecule has 0 fully saturated rings. The third kappa shape index (κ3) is 15.8. The molecule has 1 aromatic rings. The highest BCUT2D eigenvalue weighted by Crippen LogP contribution is 2.06. The summed E-state index contributed by atoms with van der Waals surface area (Å²) in [6, 6.07) is 0. The van der Waals surface area contributed by atoms with Crippen molar-refractivity contribution in [2.24, 2.45) is 0 Å². The Balaban J connectivity index is 0.000000162. The summed E-state index contributed by atoms with van der Waals surface area (Å²) < 4.78 is 43.5. The average Bonchev–Trinajstić information content (AvgIpc) is 2.07. The van der Waals surface area contributed by atoms with Gasteiger partial charge in [0.05, 0.1) is 0 Å². The molecular formula is C3H4BF4NO. The van der Waals surface area contributed by atoms with Gasteiger partial charge in [-0.1, -0.05) is 0 Å². The van der Waals surface area contributed by atoms with Crippen molar-refractivity contribution in [3.63, 3.8) is 0 Å². The Kier molecular flexibility index (Phi) is 3.52. The lowest BCUT2D eigenvalue weighted by molar-refractivity contribution is -0.383. The van der Waals surface area contributed by atoms with Crippen molar-refractivity contribution in [1.82, 2.24) is 0 Å². The van der Waals surface area contributed by atoms with Crippen molar-refractivity contribution < 1.29 is 26.7 Å². The molecule has 1 N–H and O–H groups in total. The van der Waals surface area contributed by atoms with Gasteiger partial charge in [-0.3, -0.25) is 0 Å². The maximum atomic E-state index is 9.75. The third-order valence-electron chi connectivity index (χ3n) is 0.379. The number of hydrogen-bond acceptors (Lipinski definition) is 1. The fourth-order valence-electron chi connectivity index (χ4n) is 0.196. The molecule has 1 rings (SSSR count). The first-order chi connectivity index (χ1) is 4.50. The number of H-pyrrole nitrogens is 1. The SMILES string of the molecule is F[B-](F)(F)F.c1coc[nH+]1. The van der Waals surface area contributed by atoms with E-state index in [0.717, 1.165) is 0 Å². The van der Waals surface area contributed by atoms with E-state index in [4.69, 9.17) is 0 Å². The topological polar surface area (TPSA) is 27.3 Å². The molecule has 0 atom stereocenters. The van der Waals surface area contributed by atoms with E-state index in [1.807, 2.05) is 0 Å². The zero-order chi connectivity index (χ0) is 8.04. The van der Waals surface area contributed by atoms with Crippen molar-refractivity contribution in [3.05, 3.63) is 18.9 Å². The second-order valence-electron chi connectivity index (χ2n) is 1.22. The number of hydrogen-bond donors (Lipinski definition) is 0. The first-order valence-electron chi connectivity index (χ1n) is 2.25. The van der Waals surface area contributed by atoms with Crippen LogP contribution in [0.2, 0.25) is 0 Å². The molecule has 58 valence electrons. The summed E-state index contributed by atoms with van der Waals surface area (Å²) in [4.78, 5) is 2.69. The highest BCUT2D eigenvalue weighted by atomic mass is 19.5. The van der Waals surface area contributed by atoms with Gasteiger partial charge in [-0.2, -0.15) is 4.98 Å². The number of aromatic nitrogens is 1. The first-order valence-corrected chi connectivity index (χ1v) is 2.25. The molecule has 10 heavy (non-hydrogen) atoms. The van der Waals surface area contributed by atoms with E-state index in [-0.39, 0.29) is 0 Å². The van der Waals surface area contributed by atoms with E-state index in [0.29, 0.717) is 0 Å². The van der Waals surface area contributed by atoms with Crippen LogP contribution < -0.4 is 4.98 Å². The second-order valence-corrected chi connectivity index (χ2v) is 1.22. The molecule has 0 aromatic carbocycles. The van der Waals surface area contributed by atoms with Gasteiger partial charge in [0.2, 0.25) is 6.20 Å². The minimum Gasteiger partial charge on any atom is -0.418 e. The Morgan fingerprint density at radius 2 is 1.70 bits per heavy atom. The Morgan fingerprint density at radius 3 is 1.80 bits per heavy atom. The molecule has 0 unspecified atom stereocenters. The molecular weight excluding hydrogens is 153 g/mol. The monoisotopic (exact) mass is 157 g/mol. The van der Waals surface area contributed by atoms with Gasteiger partial charge >= 0.3 is 13.6 Å². The van der Waals surface area contributed by atoms with Crippen molar-refractivity contribution in [3.8, 4) is 0 Å². The summed E-state index contributed by atoms with van der Waals surface area (Å²) in [5, 5.41) is 0.